The molecule has 2 aromatic rings. The lowest BCUT2D eigenvalue weighted by molar-refractivity contribution is -0.142. The van der Waals surface area contributed by atoms with E-state index >= 15 is 0 Å². The summed E-state index contributed by atoms with van der Waals surface area (Å²) in [5, 5.41) is 2.93. The van der Waals surface area contributed by atoms with Crippen molar-refractivity contribution in [1.29, 1.82) is 0 Å². The Labute approximate surface area is 145 Å². The Morgan fingerprint density at radius 1 is 1.24 bits per heavy atom. The van der Waals surface area contributed by atoms with Gasteiger partial charge in [-0.05, 0) is 36.8 Å². The molecule has 0 saturated carbocycles. The number of likely N-dealkylation sites (tertiary alicyclic amines) is 1. The number of aromatic nitrogens is 1. The Kier molecular flexibility index (Phi) is 5.07. The van der Waals surface area contributed by atoms with Crippen molar-refractivity contribution in [3.63, 3.8) is 0 Å². The largest absolute Gasteiger partial charge is 0.348 e. The summed E-state index contributed by atoms with van der Waals surface area (Å²) in [6.45, 7) is 2.72. The monoisotopic (exact) mass is 341 g/mol. The lowest BCUT2D eigenvalue weighted by Gasteiger charge is -2.38. The highest BCUT2D eigenvalue weighted by atomic mass is 19.1. The highest BCUT2D eigenvalue weighted by molar-refractivity contribution is 5.85. The summed E-state index contributed by atoms with van der Waals surface area (Å²) < 4.78 is 12.9. The van der Waals surface area contributed by atoms with Crippen LogP contribution in [-0.2, 0) is 16.0 Å². The molecule has 5 nitrogen and oxygen atoms in total. The molecule has 1 aliphatic rings. The van der Waals surface area contributed by atoms with E-state index in [0.717, 1.165) is 11.3 Å². The SMILES string of the molecule is CC(NC(=O)C1CN(C(=O)Cc2ccc(F)cc2)C1)c1ccccn1. The van der Waals surface area contributed by atoms with Gasteiger partial charge in [-0.25, -0.2) is 4.39 Å². The van der Waals surface area contributed by atoms with Crippen LogP contribution in [0.1, 0.15) is 24.2 Å². The molecule has 0 bridgehead atoms. The van der Waals surface area contributed by atoms with Gasteiger partial charge >= 0.3 is 0 Å². The van der Waals surface area contributed by atoms with Gasteiger partial charge in [0.05, 0.1) is 24.1 Å². The summed E-state index contributed by atoms with van der Waals surface area (Å²) in [5.41, 5.74) is 1.57. The molecule has 3 rings (SSSR count). The molecule has 0 radical (unpaired) electrons. The van der Waals surface area contributed by atoms with Crippen molar-refractivity contribution in [3.8, 4) is 0 Å². The van der Waals surface area contributed by atoms with Gasteiger partial charge in [0.25, 0.3) is 0 Å². The van der Waals surface area contributed by atoms with Gasteiger partial charge in [-0.15, -0.1) is 0 Å². The fraction of sp³-hybridized carbons (Fsp3) is 0.316. The highest BCUT2D eigenvalue weighted by Crippen LogP contribution is 2.19. The maximum absolute atomic E-state index is 12.9. The van der Waals surface area contributed by atoms with Crippen molar-refractivity contribution in [2.45, 2.75) is 19.4 Å². The van der Waals surface area contributed by atoms with E-state index in [-0.39, 0.29) is 36.0 Å². The molecule has 1 aromatic carbocycles. The molecule has 1 aliphatic heterocycles. The normalized spacial score (nSPS) is 15.4. The number of hydrogen-bond donors (Lipinski definition) is 1. The first-order valence-corrected chi connectivity index (χ1v) is 8.26. The molecular formula is C19H20FN3O2. The predicted molar refractivity (Wildman–Crippen MR) is 91.0 cm³/mol. The second kappa shape index (κ2) is 7.42. The van der Waals surface area contributed by atoms with E-state index in [0.29, 0.717) is 13.1 Å². The number of carbonyl (C=O) groups is 2. The number of carbonyl (C=O) groups excluding carboxylic acids is 2. The molecule has 130 valence electrons. The van der Waals surface area contributed by atoms with Crippen LogP contribution in [0, 0.1) is 11.7 Å². The average Bonchev–Trinajstić information content (AvgIpc) is 2.56. The standard InChI is InChI=1S/C19H20FN3O2/c1-13(17-4-2-3-9-21-17)22-19(25)15-11-23(12-15)18(24)10-14-5-7-16(20)8-6-14/h2-9,13,15H,10-12H2,1H3,(H,22,25). The molecule has 1 fully saturated rings. The number of halogens is 1. The fourth-order valence-electron chi connectivity index (χ4n) is 2.77. The second-order valence-electron chi connectivity index (χ2n) is 6.28. The fourth-order valence-corrected chi connectivity index (χ4v) is 2.77. The van der Waals surface area contributed by atoms with E-state index in [1.54, 1.807) is 23.2 Å². The average molecular weight is 341 g/mol. The first-order chi connectivity index (χ1) is 12.0. The number of hydrogen-bond acceptors (Lipinski definition) is 3. The Bertz CT molecular complexity index is 743. The maximum atomic E-state index is 12.9. The third kappa shape index (κ3) is 4.21. The first-order valence-electron chi connectivity index (χ1n) is 8.26. The number of rotatable bonds is 5. The molecule has 6 heteroatoms. The molecule has 0 aliphatic carbocycles. The maximum Gasteiger partial charge on any atom is 0.227 e. The molecule has 1 saturated heterocycles. The third-order valence-corrected chi connectivity index (χ3v) is 4.36. The molecule has 0 spiro atoms. The van der Waals surface area contributed by atoms with E-state index in [4.69, 9.17) is 0 Å². The van der Waals surface area contributed by atoms with Crippen molar-refractivity contribution in [2.24, 2.45) is 5.92 Å². The summed E-state index contributed by atoms with van der Waals surface area (Å²) in [6, 6.07) is 11.3. The van der Waals surface area contributed by atoms with Gasteiger partial charge in [-0.1, -0.05) is 18.2 Å². The van der Waals surface area contributed by atoms with Crippen molar-refractivity contribution in [1.82, 2.24) is 15.2 Å². The Balaban J connectivity index is 1.46. The minimum atomic E-state index is -0.320. The van der Waals surface area contributed by atoms with Gasteiger partial charge in [0, 0.05) is 19.3 Å². The predicted octanol–water partition coefficient (Wildman–Crippen LogP) is 2.10. The summed E-state index contributed by atoms with van der Waals surface area (Å²) in [7, 11) is 0. The lowest BCUT2D eigenvalue weighted by atomic mass is 9.97. The van der Waals surface area contributed by atoms with Crippen molar-refractivity contribution < 1.29 is 14.0 Å². The zero-order valence-corrected chi connectivity index (χ0v) is 14.0. The van der Waals surface area contributed by atoms with E-state index in [2.05, 4.69) is 10.3 Å². The molecular weight excluding hydrogens is 321 g/mol. The van der Waals surface area contributed by atoms with Crippen LogP contribution in [-0.4, -0.2) is 34.8 Å². The van der Waals surface area contributed by atoms with Crippen LogP contribution in [0.15, 0.2) is 48.7 Å². The topological polar surface area (TPSA) is 62.3 Å². The minimum absolute atomic E-state index is 0.0477. The number of nitrogens with zero attached hydrogens (tertiary/aromatic N) is 2. The van der Waals surface area contributed by atoms with Crippen molar-refractivity contribution in [3.05, 3.63) is 65.7 Å². The minimum Gasteiger partial charge on any atom is -0.348 e. The number of nitrogens with one attached hydrogen (secondary N) is 1. The highest BCUT2D eigenvalue weighted by Gasteiger charge is 2.35. The Hall–Kier alpha value is -2.76. The molecule has 1 atom stereocenters. The van der Waals surface area contributed by atoms with Crippen molar-refractivity contribution in [2.75, 3.05) is 13.1 Å². The molecule has 2 heterocycles. The van der Waals surface area contributed by atoms with Gasteiger partial charge in [0.15, 0.2) is 0 Å². The second-order valence-corrected chi connectivity index (χ2v) is 6.28. The zero-order valence-electron chi connectivity index (χ0n) is 14.0. The number of amides is 2. The molecule has 1 aromatic heterocycles. The van der Waals surface area contributed by atoms with Crippen LogP contribution in [0.5, 0.6) is 0 Å². The van der Waals surface area contributed by atoms with Crippen LogP contribution in [0.3, 0.4) is 0 Å². The number of pyridine rings is 1. The number of benzene rings is 1. The van der Waals surface area contributed by atoms with Crippen LogP contribution in [0.25, 0.3) is 0 Å². The quantitative estimate of drug-likeness (QED) is 0.906. The Morgan fingerprint density at radius 2 is 1.96 bits per heavy atom. The van der Waals surface area contributed by atoms with Gasteiger partial charge in [0.2, 0.25) is 11.8 Å². The van der Waals surface area contributed by atoms with Crippen LogP contribution < -0.4 is 5.32 Å². The van der Waals surface area contributed by atoms with Crippen LogP contribution >= 0.6 is 0 Å². The van der Waals surface area contributed by atoms with Crippen molar-refractivity contribution >= 4 is 11.8 Å². The van der Waals surface area contributed by atoms with E-state index in [9.17, 15) is 14.0 Å². The van der Waals surface area contributed by atoms with E-state index in [1.165, 1.54) is 12.1 Å². The van der Waals surface area contributed by atoms with Gasteiger partial charge in [-0.3, -0.25) is 14.6 Å². The smallest absolute Gasteiger partial charge is 0.227 e. The first kappa shape index (κ1) is 17.1. The summed E-state index contributed by atoms with van der Waals surface area (Å²) in [5.74, 6) is -0.625. The van der Waals surface area contributed by atoms with E-state index < -0.39 is 0 Å². The summed E-state index contributed by atoms with van der Waals surface area (Å²) >= 11 is 0. The molecule has 1 unspecified atom stereocenters. The van der Waals surface area contributed by atoms with Crippen LogP contribution in [0.4, 0.5) is 4.39 Å². The summed E-state index contributed by atoms with van der Waals surface area (Å²) in [6.07, 6.45) is 1.91. The molecule has 2 amide bonds. The molecule has 1 N–H and O–H groups in total. The Morgan fingerprint density at radius 3 is 2.60 bits per heavy atom. The van der Waals surface area contributed by atoms with Crippen LogP contribution in [0.2, 0.25) is 0 Å². The van der Waals surface area contributed by atoms with E-state index in [1.807, 2.05) is 25.1 Å². The summed E-state index contributed by atoms with van der Waals surface area (Å²) in [4.78, 5) is 30.3. The van der Waals surface area contributed by atoms with Gasteiger partial charge < -0.3 is 10.2 Å². The molecule has 25 heavy (non-hydrogen) atoms. The lowest BCUT2D eigenvalue weighted by Crippen LogP contribution is -2.56. The van der Waals surface area contributed by atoms with Gasteiger partial charge in [0.1, 0.15) is 5.82 Å². The zero-order chi connectivity index (χ0) is 17.8. The third-order valence-electron chi connectivity index (χ3n) is 4.36. The van der Waals surface area contributed by atoms with Gasteiger partial charge in [-0.2, -0.15) is 0 Å².